The maximum Gasteiger partial charge on any atom is 0.265 e. The minimum atomic E-state index is -4.14. The van der Waals surface area contributed by atoms with Gasteiger partial charge in [-0.2, -0.15) is 0 Å². The molecule has 178 valence electrons. The monoisotopic (exact) mass is 491 g/mol. The minimum Gasteiger partial charge on any atom is -0.497 e. The van der Waals surface area contributed by atoms with Crippen molar-refractivity contribution in [1.82, 2.24) is 4.98 Å². The second-order valence-electron chi connectivity index (χ2n) is 7.68. The third-order valence-corrected chi connectivity index (χ3v) is 7.34. The number of rotatable bonds is 7. The lowest BCUT2D eigenvalue weighted by atomic mass is 10.2. The van der Waals surface area contributed by atoms with Crippen LogP contribution in [0.15, 0.2) is 84.0 Å². The van der Waals surface area contributed by atoms with Gasteiger partial charge in [-0.05, 0) is 48.5 Å². The van der Waals surface area contributed by atoms with Gasteiger partial charge in [-0.1, -0.05) is 12.1 Å². The third kappa shape index (κ3) is 4.43. The average Bonchev–Trinajstić information content (AvgIpc) is 3.35. The SMILES string of the molecule is COc1ccc(N(CC(=O)Nc2ccc3c(c2)OCO3)S(=O)(=O)c2cccc3cnccc23)cc1. The lowest BCUT2D eigenvalue weighted by Gasteiger charge is -2.25. The number of amides is 1. The van der Waals surface area contributed by atoms with Gasteiger partial charge in [-0.15, -0.1) is 0 Å². The van der Waals surface area contributed by atoms with E-state index in [4.69, 9.17) is 14.2 Å². The zero-order valence-corrected chi connectivity index (χ0v) is 19.5. The summed E-state index contributed by atoms with van der Waals surface area (Å²) in [5.41, 5.74) is 0.778. The van der Waals surface area contributed by atoms with Crippen molar-refractivity contribution in [2.24, 2.45) is 0 Å². The van der Waals surface area contributed by atoms with Crippen LogP contribution in [0.4, 0.5) is 11.4 Å². The van der Waals surface area contributed by atoms with E-state index in [0.29, 0.717) is 39.4 Å². The Bertz CT molecular complexity index is 1500. The highest BCUT2D eigenvalue weighted by atomic mass is 32.2. The first-order valence-electron chi connectivity index (χ1n) is 10.6. The number of nitrogens with one attached hydrogen (secondary N) is 1. The number of carbonyl (C=O) groups is 1. The zero-order chi connectivity index (χ0) is 24.4. The molecule has 0 saturated heterocycles. The summed E-state index contributed by atoms with van der Waals surface area (Å²) in [6.07, 6.45) is 3.13. The molecule has 0 spiro atoms. The molecule has 0 unspecified atom stereocenters. The van der Waals surface area contributed by atoms with Gasteiger partial charge in [0.1, 0.15) is 12.3 Å². The fraction of sp³-hybridized carbons (Fsp3) is 0.120. The molecule has 2 heterocycles. The molecule has 35 heavy (non-hydrogen) atoms. The highest BCUT2D eigenvalue weighted by Gasteiger charge is 2.29. The Balaban J connectivity index is 1.50. The third-order valence-electron chi connectivity index (χ3n) is 5.51. The van der Waals surface area contributed by atoms with Crippen LogP contribution < -0.4 is 23.8 Å². The molecule has 10 heteroatoms. The average molecular weight is 492 g/mol. The Kier molecular flexibility index (Phi) is 5.87. The van der Waals surface area contributed by atoms with Gasteiger partial charge in [-0.3, -0.25) is 14.1 Å². The van der Waals surface area contributed by atoms with Crippen LogP contribution in [0.3, 0.4) is 0 Å². The van der Waals surface area contributed by atoms with Gasteiger partial charge in [0, 0.05) is 34.9 Å². The standard InChI is InChI=1S/C25H21N3O6S/c1-32-20-8-6-19(7-9-20)28(15-25(29)27-18-5-10-22-23(13-18)34-16-33-22)35(30,31)24-4-2-3-17-14-26-12-11-21(17)24/h2-14H,15-16H2,1H3,(H,27,29). The molecule has 0 aliphatic carbocycles. The van der Waals surface area contributed by atoms with Crippen LogP contribution in [0.2, 0.25) is 0 Å². The minimum absolute atomic E-state index is 0.0732. The Morgan fingerprint density at radius 1 is 1.06 bits per heavy atom. The first-order chi connectivity index (χ1) is 17.0. The Morgan fingerprint density at radius 3 is 2.66 bits per heavy atom. The van der Waals surface area contributed by atoms with Gasteiger partial charge in [-0.25, -0.2) is 8.42 Å². The van der Waals surface area contributed by atoms with Crippen LogP contribution in [0.1, 0.15) is 0 Å². The maximum absolute atomic E-state index is 13.9. The van der Waals surface area contributed by atoms with Gasteiger partial charge in [0.05, 0.1) is 17.7 Å². The van der Waals surface area contributed by atoms with E-state index in [1.54, 1.807) is 66.9 Å². The molecule has 9 nitrogen and oxygen atoms in total. The molecule has 0 bridgehead atoms. The summed E-state index contributed by atoms with van der Waals surface area (Å²) < 4.78 is 44.7. The van der Waals surface area contributed by atoms with Crippen LogP contribution >= 0.6 is 0 Å². The van der Waals surface area contributed by atoms with Gasteiger partial charge >= 0.3 is 0 Å². The van der Waals surface area contributed by atoms with Crippen molar-refractivity contribution in [3.8, 4) is 17.2 Å². The summed E-state index contributed by atoms with van der Waals surface area (Å²) in [6.45, 7) is -0.346. The molecule has 0 radical (unpaired) electrons. The molecular weight excluding hydrogens is 470 g/mol. The Labute approximate surface area is 201 Å². The number of nitrogens with zero attached hydrogens (tertiary/aromatic N) is 2. The summed E-state index contributed by atoms with van der Waals surface area (Å²) in [5, 5.41) is 3.93. The second kappa shape index (κ2) is 9.15. The number of anilines is 2. The van der Waals surface area contributed by atoms with Crippen molar-refractivity contribution in [2.75, 3.05) is 30.1 Å². The molecule has 1 aliphatic rings. The fourth-order valence-electron chi connectivity index (χ4n) is 3.81. The zero-order valence-electron chi connectivity index (χ0n) is 18.7. The van der Waals surface area contributed by atoms with Crippen molar-refractivity contribution in [2.45, 2.75) is 4.90 Å². The predicted molar refractivity (Wildman–Crippen MR) is 130 cm³/mol. The first kappa shape index (κ1) is 22.5. The number of pyridine rings is 1. The molecule has 1 aromatic heterocycles. The van der Waals surface area contributed by atoms with Crippen molar-refractivity contribution in [1.29, 1.82) is 0 Å². The van der Waals surface area contributed by atoms with E-state index < -0.39 is 22.5 Å². The predicted octanol–water partition coefficient (Wildman–Crippen LogP) is 3.81. The van der Waals surface area contributed by atoms with Crippen molar-refractivity contribution >= 4 is 38.1 Å². The molecule has 1 aliphatic heterocycles. The number of methoxy groups -OCH3 is 1. The number of benzene rings is 3. The molecule has 3 aromatic carbocycles. The number of hydrogen-bond acceptors (Lipinski definition) is 7. The van der Waals surface area contributed by atoms with E-state index in [2.05, 4.69) is 10.3 Å². The summed E-state index contributed by atoms with van der Waals surface area (Å²) in [6, 6.07) is 18.0. The smallest absolute Gasteiger partial charge is 0.265 e. The first-order valence-corrected chi connectivity index (χ1v) is 12.1. The fourth-order valence-corrected chi connectivity index (χ4v) is 5.44. The molecular formula is C25H21N3O6S. The van der Waals surface area contributed by atoms with Gasteiger partial charge in [0.15, 0.2) is 11.5 Å². The van der Waals surface area contributed by atoms with Gasteiger partial charge in [0.25, 0.3) is 10.0 Å². The number of hydrogen-bond donors (Lipinski definition) is 1. The number of carbonyl (C=O) groups excluding carboxylic acids is 1. The lowest BCUT2D eigenvalue weighted by molar-refractivity contribution is -0.114. The summed E-state index contributed by atoms with van der Waals surface area (Å²) >= 11 is 0. The van der Waals surface area contributed by atoms with E-state index in [0.717, 1.165) is 4.31 Å². The van der Waals surface area contributed by atoms with Crippen LogP contribution in [0.5, 0.6) is 17.2 Å². The van der Waals surface area contributed by atoms with Gasteiger partial charge in [0.2, 0.25) is 12.7 Å². The molecule has 0 atom stereocenters. The normalized spacial score (nSPS) is 12.4. The molecule has 5 rings (SSSR count). The van der Waals surface area contributed by atoms with Crippen molar-refractivity contribution in [3.63, 3.8) is 0 Å². The number of aromatic nitrogens is 1. The van der Waals surface area contributed by atoms with Crippen molar-refractivity contribution < 1.29 is 27.4 Å². The highest BCUT2D eigenvalue weighted by molar-refractivity contribution is 7.93. The van der Waals surface area contributed by atoms with Crippen LogP contribution in [-0.4, -0.2) is 39.8 Å². The van der Waals surface area contributed by atoms with Crippen LogP contribution in [-0.2, 0) is 14.8 Å². The van der Waals surface area contributed by atoms with Crippen LogP contribution in [0.25, 0.3) is 10.8 Å². The van der Waals surface area contributed by atoms with Crippen molar-refractivity contribution in [3.05, 3.63) is 79.1 Å². The van der Waals surface area contributed by atoms with Crippen LogP contribution in [0, 0.1) is 0 Å². The molecule has 4 aromatic rings. The summed E-state index contributed by atoms with van der Waals surface area (Å²) in [5.74, 6) is 1.12. The topological polar surface area (TPSA) is 107 Å². The quantitative estimate of drug-likeness (QED) is 0.419. The van der Waals surface area contributed by atoms with Gasteiger partial charge < -0.3 is 19.5 Å². The number of sulfonamides is 1. The highest BCUT2D eigenvalue weighted by Crippen LogP contribution is 2.34. The van der Waals surface area contributed by atoms with E-state index in [1.807, 2.05) is 0 Å². The largest absolute Gasteiger partial charge is 0.497 e. The van der Waals surface area contributed by atoms with E-state index in [1.165, 1.54) is 19.4 Å². The Morgan fingerprint density at radius 2 is 1.86 bits per heavy atom. The number of fused-ring (bicyclic) bond motifs is 2. The maximum atomic E-state index is 13.9. The summed E-state index contributed by atoms with van der Waals surface area (Å²) in [4.78, 5) is 17.2. The summed E-state index contributed by atoms with van der Waals surface area (Å²) in [7, 11) is -2.62. The molecule has 0 saturated carbocycles. The Hall–Kier alpha value is -4.31. The lowest BCUT2D eigenvalue weighted by Crippen LogP contribution is -2.38. The molecule has 0 fully saturated rings. The van der Waals surface area contributed by atoms with E-state index in [9.17, 15) is 13.2 Å². The van der Waals surface area contributed by atoms with E-state index >= 15 is 0 Å². The molecule has 1 N–H and O–H groups in total. The molecule has 1 amide bonds. The second-order valence-corrected chi connectivity index (χ2v) is 9.51. The number of ether oxygens (including phenoxy) is 3. The van der Waals surface area contributed by atoms with E-state index in [-0.39, 0.29) is 11.7 Å².